The lowest BCUT2D eigenvalue weighted by Gasteiger charge is -2.07. The van der Waals surface area contributed by atoms with Crippen molar-refractivity contribution in [1.29, 1.82) is 0 Å². The van der Waals surface area contributed by atoms with Crippen molar-refractivity contribution in [1.82, 2.24) is 5.32 Å². The zero-order valence-electron chi connectivity index (χ0n) is 10.2. The molecule has 0 aliphatic carbocycles. The molecule has 18 heavy (non-hydrogen) atoms. The molecule has 0 fully saturated rings. The van der Waals surface area contributed by atoms with Crippen LogP contribution < -0.4 is 5.32 Å². The van der Waals surface area contributed by atoms with E-state index in [0.29, 0.717) is 18.7 Å². The molecule has 0 heterocycles. The summed E-state index contributed by atoms with van der Waals surface area (Å²) in [7, 11) is 0. The average Bonchev–Trinajstić information content (AvgIpc) is 2.36. The van der Waals surface area contributed by atoms with Crippen LogP contribution in [0.5, 0.6) is 0 Å². The lowest BCUT2D eigenvalue weighted by molar-refractivity contribution is 0.615. The van der Waals surface area contributed by atoms with Gasteiger partial charge in [-0.2, -0.15) is 0 Å². The largest absolute Gasteiger partial charge is 0.309 e. The highest BCUT2D eigenvalue weighted by Crippen LogP contribution is 2.15. The normalized spacial score (nSPS) is 10.6. The van der Waals surface area contributed by atoms with Crippen molar-refractivity contribution in [2.75, 3.05) is 0 Å². The molecule has 0 saturated heterocycles. The van der Waals surface area contributed by atoms with Gasteiger partial charge in [0, 0.05) is 18.1 Å². The molecule has 1 nitrogen and oxygen atoms in total. The molecule has 3 heteroatoms. The van der Waals surface area contributed by atoms with Crippen LogP contribution in [0.1, 0.15) is 16.7 Å². The van der Waals surface area contributed by atoms with Crippen LogP contribution in [0.15, 0.2) is 42.5 Å². The van der Waals surface area contributed by atoms with Crippen molar-refractivity contribution < 1.29 is 4.39 Å². The van der Waals surface area contributed by atoms with E-state index in [1.165, 1.54) is 6.07 Å². The summed E-state index contributed by atoms with van der Waals surface area (Å²) in [5.74, 6) is -0.162. The molecule has 0 atom stereocenters. The number of aryl methyl sites for hydroxylation is 1. The zero-order chi connectivity index (χ0) is 13.0. The second-order valence-electron chi connectivity index (χ2n) is 4.28. The molecule has 2 rings (SSSR count). The fraction of sp³-hybridized carbons (Fsp3) is 0.200. The lowest BCUT2D eigenvalue weighted by Crippen LogP contribution is -2.13. The van der Waals surface area contributed by atoms with E-state index in [2.05, 4.69) is 5.32 Å². The van der Waals surface area contributed by atoms with Crippen molar-refractivity contribution in [3.05, 3.63) is 70.0 Å². The first-order chi connectivity index (χ1) is 8.66. The molecule has 0 aliphatic heterocycles. The van der Waals surface area contributed by atoms with Gasteiger partial charge >= 0.3 is 0 Å². The molecule has 0 spiro atoms. The molecular formula is C15H15ClFN. The second kappa shape index (κ2) is 5.98. The highest BCUT2D eigenvalue weighted by Gasteiger charge is 2.00. The van der Waals surface area contributed by atoms with Gasteiger partial charge in [-0.1, -0.05) is 41.9 Å². The Bertz CT molecular complexity index is 540. The summed E-state index contributed by atoms with van der Waals surface area (Å²) in [6, 6.07) is 12.9. The number of hydrogen-bond donors (Lipinski definition) is 1. The van der Waals surface area contributed by atoms with Crippen LogP contribution in [0, 0.1) is 12.7 Å². The standard InChI is InChI=1S/C15H15ClFN/c1-11-8-12(6-7-15(11)17)9-18-10-13-4-2-3-5-14(13)16/h2-8,18H,9-10H2,1H3. The monoisotopic (exact) mass is 263 g/mol. The van der Waals surface area contributed by atoms with Gasteiger partial charge in [-0.3, -0.25) is 0 Å². The maximum atomic E-state index is 13.1. The minimum atomic E-state index is -0.162. The molecule has 0 amide bonds. The van der Waals surface area contributed by atoms with E-state index in [1.807, 2.05) is 30.3 Å². The molecule has 2 aromatic rings. The van der Waals surface area contributed by atoms with Gasteiger partial charge in [0.1, 0.15) is 5.82 Å². The number of rotatable bonds is 4. The third-order valence-corrected chi connectivity index (χ3v) is 3.19. The van der Waals surface area contributed by atoms with E-state index in [-0.39, 0.29) is 5.82 Å². The molecule has 2 aromatic carbocycles. The van der Waals surface area contributed by atoms with Gasteiger partial charge in [-0.25, -0.2) is 4.39 Å². The minimum Gasteiger partial charge on any atom is -0.309 e. The fourth-order valence-electron chi connectivity index (χ4n) is 1.80. The van der Waals surface area contributed by atoms with Crippen molar-refractivity contribution in [3.63, 3.8) is 0 Å². The first-order valence-corrected chi connectivity index (χ1v) is 6.24. The topological polar surface area (TPSA) is 12.0 Å². The Morgan fingerprint density at radius 3 is 2.61 bits per heavy atom. The van der Waals surface area contributed by atoms with Crippen LogP contribution in [0.2, 0.25) is 5.02 Å². The van der Waals surface area contributed by atoms with Crippen LogP contribution in [0.4, 0.5) is 4.39 Å². The van der Waals surface area contributed by atoms with Crippen molar-refractivity contribution in [2.24, 2.45) is 0 Å². The van der Waals surface area contributed by atoms with E-state index in [0.717, 1.165) is 16.1 Å². The number of nitrogens with one attached hydrogen (secondary N) is 1. The van der Waals surface area contributed by atoms with Gasteiger partial charge in [0.05, 0.1) is 0 Å². The quantitative estimate of drug-likeness (QED) is 0.877. The van der Waals surface area contributed by atoms with Crippen molar-refractivity contribution in [3.8, 4) is 0 Å². The summed E-state index contributed by atoms with van der Waals surface area (Å²) in [5.41, 5.74) is 2.81. The Labute approximate surface area is 112 Å². The van der Waals surface area contributed by atoms with Crippen LogP contribution in [0.3, 0.4) is 0 Å². The maximum absolute atomic E-state index is 13.1. The molecule has 94 valence electrons. The Balaban J connectivity index is 1.92. The summed E-state index contributed by atoms with van der Waals surface area (Å²) in [6.07, 6.45) is 0. The molecular weight excluding hydrogens is 249 g/mol. The van der Waals surface area contributed by atoms with E-state index in [4.69, 9.17) is 11.6 Å². The highest BCUT2D eigenvalue weighted by molar-refractivity contribution is 6.31. The Morgan fingerprint density at radius 2 is 1.89 bits per heavy atom. The first kappa shape index (κ1) is 13.1. The van der Waals surface area contributed by atoms with Gasteiger partial charge in [0.2, 0.25) is 0 Å². The predicted molar refractivity (Wildman–Crippen MR) is 73.1 cm³/mol. The molecule has 0 radical (unpaired) electrons. The molecule has 0 aromatic heterocycles. The van der Waals surface area contributed by atoms with Crippen molar-refractivity contribution >= 4 is 11.6 Å². The predicted octanol–water partition coefficient (Wildman–Crippen LogP) is 4.08. The van der Waals surface area contributed by atoms with Crippen LogP contribution in [-0.4, -0.2) is 0 Å². The second-order valence-corrected chi connectivity index (χ2v) is 4.69. The maximum Gasteiger partial charge on any atom is 0.126 e. The van der Waals surface area contributed by atoms with E-state index >= 15 is 0 Å². The van der Waals surface area contributed by atoms with Gasteiger partial charge in [0.25, 0.3) is 0 Å². The summed E-state index contributed by atoms with van der Waals surface area (Å²) < 4.78 is 13.1. The smallest absolute Gasteiger partial charge is 0.126 e. The number of halogens is 2. The van der Waals surface area contributed by atoms with E-state index < -0.39 is 0 Å². The molecule has 1 N–H and O–H groups in total. The summed E-state index contributed by atoms with van der Waals surface area (Å²) in [4.78, 5) is 0. The first-order valence-electron chi connectivity index (χ1n) is 5.86. The lowest BCUT2D eigenvalue weighted by atomic mass is 10.1. The van der Waals surface area contributed by atoms with Gasteiger partial charge in [-0.05, 0) is 35.7 Å². The number of benzene rings is 2. The molecule has 0 unspecified atom stereocenters. The SMILES string of the molecule is Cc1cc(CNCc2ccccc2Cl)ccc1F. The van der Waals surface area contributed by atoms with E-state index in [1.54, 1.807) is 13.0 Å². The zero-order valence-corrected chi connectivity index (χ0v) is 11.0. The summed E-state index contributed by atoms with van der Waals surface area (Å²) in [6.45, 7) is 3.18. The Kier molecular flexibility index (Phi) is 4.34. The average molecular weight is 264 g/mol. The highest BCUT2D eigenvalue weighted by atomic mass is 35.5. The van der Waals surface area contributed by atoms with Gasteiger partial charge < -0.3 is 5.32 Å². The number of hydrogen-bond acceptors (Lipinski definition) is 1. The van der Waals surface area contributed by atoms with Crippen LogP contribution in [0.25, 0.3) is 0 Å². The van der Waals surface area contributed by atoms with Crippen LogP contribution >= 0.6 is 11.6 Å². The Morgan fingerprint density at radius 1 is 1.11 bits per heavy atom. The van der Waals surface area contributed by atoms with Crippen molar-refractivity contribution in [2.45, 2.75) is 20.0 Å². The summed E-state index contributed by atoms with van der Waals surface area (Å²) >= 11 is 6.06. The Hall–Kier alpha value is -1.38. The van der Waals surface area contributed by atoms with E-state index in [9.17, 15) is 4.39 Å². The van der Waals surface area contributed by atoms with Crippen LogP contribution in [-0.2, 0) is 13.1 Å². The molecule has 0 saturated carbocycles. The molecule has 0 bridgehead atoms. The third-order valence-electron chi connectivity index (χ3n) is 2.82. The third kappa shape index (κ3) is 3.31. The van der Waals surface area contributed by atoms with Gasteiger partial charge in [0.15, 0.2) is 0 Å². The molecule has 0 aliphatic rings. The summed E-state index contributed by atoms with van der Waals surface area (Å²) in [5, 5.41) is 4.06. The minimum absolute atomic E-state index is 0.162. The fourth-order valence-corrected chi connectivity index (χ4v) is 2.00. The van der Waals surface area contributed by atoms with Gasteiger partial charge in [-0.15, -0.1) is 0 Å².